The topological polar surface area (TPSA) is 74.6 Å². The predicted octanol–water partition coefficient (Wildman–Crippen LogP) is 3.63. The van der Waals surface area contributed by atoms with Crippen molar-refractivity contribution in [2.45, 2.75) is 6.04 Å². The van der Waals surface area contributed by atoms with Gasteiger partial charge in [0.15, 0.2) is 5.76 Å². The molecule has 0 aliphatic heterocycles. The van der Waals surface area contributed by atoms with Gasteiger partial charge in [-0.3, -0.25) is 9.59 Å². The van der Waals surface area contributed by atoms with Gasteiger partial charge in [0.2, 0.25) is 0 Å². The lowest BCUT2D eigenvalue weighted by Gasteiger charge is -2.25. The van der Waals surface area contributed by atoms with E-state index in [1.165, 1.54) is 17.6 Å². The molecular formula is C20H21N3O3S. The quantitative estimate of drug-likeness (QED) is 0.653. The zero-order valence-electron chi connectivity index (χ0n) is 15.1. The second kappa shape index (κ2) is 8.66. The van der Waals surface area contributed by atoms with Crippen molar-refractivity contribution >= 4 is 28.2 Å². The summed E-state index contributed by atoms with van der Waals surface area (Å²) in [6, 6.07) is 16.8. The summed E-state index contributed by atoms with van der Waals surface area (Å²) in [4.78, 5) is 27.1. The first kappa shape index (κ1) is 18.9. The molecule has 1 atom stereocenters. The zero-order valence-corrected chi connectivity index (χ0v) is 16.0. The molecule has 2 amide bonds. The number of rotatable bonds is 7. The van der Waals surface area contributed by atoms with Crippen molar-refractivity contribution in [2.24, 2.45) is 0 Å². The van der Waals surface area contributed by atoms with Gasteiger partial charge in [-0.05, 0) is 43.9 Å². The number of hydrogen-bond donors (Lipinski definition) is 2. The third kappa shape index (κ3) is 4.84. The number of likely N-dealkylation sites (N-methyl/N-ethyl adjacent to an activating group) is 1. The number of nitrogens with zero attached hydrogens (tertiary/aromatic N) is 1. The molecule has 0 radical (unpaired) electrons. The van der Waals surface area contributed by atoms with E-state index in [-0.39, 0.29) is 23.6 Å². The lowest BCUT2D eigenvalue weighted by Crippen LogP contribution is -2.34. The molecule has 0 bridgehead atoms. The van der Waals surface area contributed by atoms with Gasteiger partial charge in [-0.25, -0.2) is 0 Å². The van der Waals surface area contributed by atoms with Crippen LogP contribution in [0.3, 0.4) is 0 Å². The smallest absolute Gasteiger partial charge is 0.291 e. The van der Waals surface area contributed by atoms with E-state index in [0.29, 0.717) is 16.4 Å². The molecule has 1 unspecified atom stereocenters. The minimum atomic E-state index is -0.342. The summed E-state index contributed by atoms with van der Waals surface area (Å²) in [6.07, 6.45) is 1.44. The number of carbonyl (C=O) groups is 2. The summed E-state index contributed by atoms with van der Waals surface area (Å²) >= 11 is 1.22. The Balaban J connectivity index is 1.59. The van der Waals surface area contributed by atoms with Crippen LogP contribution in [-0.4, -0.2) is 37.4 Å². The van der Waals surface area contributed by atoms with Gasteiger partial charge in [0.25, 0.3) is 11.8 Å². The summed E-state index contributed by atoms with van der Waals surface area (Å²) in [6.45, 7) is 0.488. The number of furan rings is 1. The van der Waals surface area contributed by atoms with Crippen molar-refractivity contribution in [3.8, 4) is 0 Å². The summed E-state index contributed by atoms with van der Waals surface area (Å²) in [5.74, 6) is -0.280. The highest BCUT2D eigenvalue weighted by Gasteiger charge is 2.17. The number of benzene rings is 1. The molecule has 3 rings (SSSR count). The highest BCUT2D eigenvalue weighted by atomic mass is 32.1. The highest BCUT2D eigenvalue weighted by Crippen LogP contribution is 2.23. The Labute approximate surface area is 161 Å². The van der Waals surface area contributed by atoms with Crippen LogP contribution in [-0.2, 0) is 0 Å². The molecule has 2 aromatic heterocycles. The fourth-order valence-corrected chi connectivity index (χ4v) is 3.48. The second-order valence-corrected chi connectivity index (χ2v) is 7.28. The molecular weight excluding hydrogens is 362 g/mol. The van der Waals surface area contributed by atoms with Crippen LogP contribution in [0.2, 0.25) is 0 Å². The molecule has 6 nitrogen and oxygen atoms in total. The maximum Gasteiger partial charge on any atom is 0.291 e. The number of amides is 2. The van der Waals surface area contributed by atoms with Gasteiger partial charge in [-0.15, -0.1) is 11.3 Å². The van der Waals surface area contributed by atoms with E-state index in [2.05, 4.69) is 15.5 Å². The second-order valence-electron chi connectivity index (χ2n) is 6.20. The Morgan fingerprint density at radius 3 is 2.48 bits per heavy atom. The van der Waals surface area contributed by atoms with Gasteiger partial charge in [-0.2, -0.15) is 0 Å². The normalized spacial score (nSPS) is 12.0. The van der Waals surface area contributed by atoms with Crippen molar-refractivity contribution in [1.29, 1.82) is 0 Å². The summed E-state index contributed by atoms with van der Waals surface area (Å²) < 4.78 is 5.06. The van der Waals surface area contributed by atoms with Gasteiger partial charge >= 0.3 is 0 Å². The first-order valence-electron chi connectivity index (χ1n) is 8.49. The van der Waals surface area contributed by atoms with Gasteiger partial charge < -0.3 is 20.0 Å². The van der Waals surface area contributed by atoms with E-state index in [4.69, 9.17) is 4.42 Å². The van der Waals surface area contributed by atoms with Crippen molar-refractivity contribution < 1.29 is 14.0 Å². The standard InChI is InChI=1S/C20H21N3O3S/c1-23(2)15(14-7-4-3-5-8-14)13-21-20(25)17-10-11-18(27-17)22-19(24)16-9-6-12-26-16/h3-12,15H,13H2,1-2H3,(H,21,25)(H,22,24). The lowest BCUT2D eigenvalue weighted by molar-refractivity contribution is 0.0944. The van der Waals surface area contributed by atoms with E-state index in [1.807, 2.05) is 44.4 Å². The van der Waals surface area contributed by atoms with Crippen LogP contribution >= 0.6 is 11.3 Å². The average molecular weight is 383 g/mol. The molecule has 0 saturated heterocycles. The van der Waals surface area contributed by atoms with Gasteiger partial charge in [-0.1, -0.05) is 30.3 Å². The number of thiophene rings is 1. The molecule has 140 valence electrons. The highest BCUT2D eigenvalue weighted by molar-refractivity contribution is 7.18. The molecule has 0 aliphatic rings. The Hall–Kier alpha value is -2.90. The molecule has 2 N–H and O–H groups in total. The third-order valence-electron chi connectivity index (χ3n) is 4.08. The number of hydrogen-bond acceptors (Lipinski definition) is 5. The van der Waals surface area contributed by atoms with Crippen molar-refractivity contribution in [1.82, 2.24) is 10.2 Å². The van der Waals surface area contributed by atoms with Gasteiger partial charge in [0, 0.05) is 6.54 Å². The van der Waals surface area contributed by atoms with E-state index >= 15 is 0 Å². The SMILES string of the molecule is CN(C)C(CNC(=O)c1ccc(NC(=O)c2ccco2)s1)c1ccccc1. The summed E-state index contributed by atoms with van der Waals surface area (Å²) in [7, 11) is 3.97. The zero-order chi connectivity index (χ0) is 19.2. The van der Waals surface area contributed by atoms with Crippen LogP contribution in [0.4, 0.5) is 5.00 Å². The Morgan fingerprint density at radius 2 is 1.81 bits per heavy atom. The maximum atomic E-state index is 12.5. The minimum Gasteiger partial charge on any atom is -0.459 e. The fraction of sp³-hybridized carbons (Fsp3) is 0.200. The van der Waals surface area contributed by atoms with Crippen LogP contribution < -0.4 is 10.6 Å². The van der Waals surface area contributed by atoms with Crippen LogP contribution in [0.1, 0.15) is 31.8 Å². The van der Waals surface area contributed by atoms with Crippen LogP contribution in [0, 0.1) is 0 Å². The van der Waals surface area contributed by atoms with E-state index in [0.717, 1.165) is 5.56 Å². The molecule has 1 aromatic carbocycles. The van der Waals surface area contributed by atoms with Gasteiger partial charge in [0.1, 0.15) is 0 Å². The van der Waals surface area contributed by atoms with Gasteiger partial charge in [0.05, 0.1) is 22.2 Å². The van der Waals surface area contributed by atoms with Crippen LogP contribution in [0.5, 0.6) is 0 Å². The van der Waals surface area contributed by atoms with E-state index < -0.39 is 0 Å². The Kier molecular flexibility index (Phi) is 6.05. The predicted molar refractivity (Wildman–Crippen MR) is 106 cm³/mol. The number of anilines is 1. The largest absolute Gasteiger partial charge is 0.459 e. The lowest BCUT2D eigenvalue weighted by atomic mass is 10.1. The number of nitrogens with one attached hydrogen (secondary N) is 2. The molecule has 0 spiro atoms. The molecule has 27 heavy (non-hydrogen) atoms. The molecule has 0 aliphatic carbocycles. The van der Waals surface area contributed by atoms with Crippen molar-refractivity contribution in [3.63, 3.8) is 0 Å². The first-order chi connectivity index (χ1) is 13.0. The Bertz CT molecular complexity index is 888. The van der Waals surface area contributed by atoms with Crippen LogP contribution in [0.15, 0.2) is 65.3 Å². The maximum absolute atomic E-state index is 12.5. The average Bonchev–Trinajstić information content (AvgIpc) is 3.34. The fourth-order valence-electron chi connectivity index (χ4n) is 2.66. The summed E-state index contributed by atoms with van der Waals surface area (Å²) in [5, 5.41) is 6.29. The minimum absolute atomic E-state index is 0.0771. The Morgan fingerprint density at radius 1 is 1.04 bits per heavy atom. The van der Waals surface area contributed by atoms with E-state index in [9.17, 15) is 9.59 Å². The van der Waals surface area contributed by atoms with Crippen LogP contribution in [0.25, 0.3) is 0 Å². The third-order valence-corrected chi connectivity index (χ3v) is 5.07. The molecule has 3 aromatic rings. The molecule has 0 fully saturated rings. The van der Waals surface area contributed by atoms with Crippen molar-refractivity contribution in [3.05, 3.63) is 77.1 Å². The monoisotopic (exact) mass is 383 g/mol. The molecule has 0 saturated carbocycles. The number of carbonyl (C=O) groups excluding carboxylic acids is 2. The first-order valence-corrected chi connectivity index (χ1v) is 9.30. The molecule has 7 heteroatoms. The summed E-state index contributed by atoms with van der Waals surface area (Å²) in [5.41, 5.74) is 1.14. The van der Waals surface area contributed by atoms with Crippen molar-refractivity contribution in [2.75, 3.05) is 26.0 Å². The van der Waals surface area contributed by atoms with E-state index in [1.54, 1.807) is 24.3 Å². The molecule has 2 heterocycles.